The van der Waals surface area contributed by atoms with E-state index in [1.807, 2.05) is 42.5 Å². The molecule has 190 valence electrons. The number of hydrogen-bond acceptors (Lipinski definition) is 5. The normalized spacial score (nSPS) is 14.2. The van der Waals surface area contributed by atoms with E-state index in [-0.39, 0.29) is 12.5 Å². The second kappa shape index (κ2) is 12.1. The molecule has 1 N–H and O–H groups in total. The number of likely N-dealkylation sites (tertiary alicyclic amines) is 1. The van der Waals surface area contributed by atoms with Crippen LogP contribution in [-0.4, -0.2) is 45.1 Å². The Labute approximate surface area is 213 Å². The summed E-state index contributed by atoms with van der Waals surface area (Å²) in [6, 6.07) is 24.2. The minimum absolute atomic E-state index is 0.301. The number of ether oxygens (including phenoxy) is 1. The lowest BCUT2D eigenvalue weighted by molar-refractivity contribution is -0.119. The Bertz CT molecular complexity index is 1220. The van der Waals surface area contributed by atoms with Gasteiger partial charge in [-0.15, -0.1) is 0 Å². The number of benzene rings is 3. The Hall–Kier alpha value is -3.36. The van der Waals surface area contributed by atoms with Crippen molar-refractivity contribution >= 4 is 21.6 Å². The van der Waals surface area contributed by atoms with Crippen LogP contribution in [0.25, 0.3) is 0 Å². The molecule has 3 aromatic carbocycles. The number of sulfonamides is 1. The summed E-state index contributed by atoms with van der Waals surface area (Å²) < 4.78 is 31.7. The van der Waals surface area contributed by atoms with Gasteiger partial charge in [-0.05, 0) is 73.5 Å². The highest BCUT2D eigenvalue weighted by Gasteiger charge is 2.21. The SMILES string of the molecule is CS(=O)(=O)N(CC(=O)NCc1ccc(CN2CCCCC2)cc1)c1ccc(Oc2ccccc2)cc1. The molecule has 1 aliphatic rings. The Morgan fingerprint density at radius 3 is 2.11 bits per heavy atom. The highest BCUT2D eigenvalue weighted by molar-refractivity contribution is 7.92. The third-order valence-electron chi connectivity index (χ3n) is 6.16. The van der Waals surface area contributed by atoms with Crippen molar-refractivity contribution in [2.75, 3.05) is 30.2 Å². The first kappa shape index (κ1) is 25.7. The van der Waals surface area contributed by atoms with Crippen molar-refractivity contribution in [2.45, 2.75) is 32.4 Å². The van der Waals surface area contributed by atoms with Gasteiger partial charge in [0.25, 0.3) is 0 Å². The summed E-state index contributed by atoms with van der Waals surface area (Å²) in [5.41, 5.74) is 2.63. The van der Waals surface area contributed by atoms with Crippen LogP contribution in [0.4, 0.5) is 5.69 Å². The van der Waals surface area contributed by atoms with E-state index in [1.165, 1.54) is 24.8 Å². The summed E-state index contributed by atoms with van der Waals surface area (Å²) >= 11 is 0. The van der Waals surface area contributed by atoms with E-state index in [1.54, 1.807) is 24.3 Å². The first-order valence-corrected chi connectivity index (χ1v) is 14.1. The highest BCUT2D eigenvalue weighted by atomic mass is 32.2. The lowest BCUT2D eigenvalue weighted by Crippen LogP contribution is -2.40. The van der Waals surface area contributed by atoms with Crippen LogP contribution in [0.2, 0.25) is 0 Å². The monoisotopic (exact) mass is 507 g/mol. The predicted molar refractivity (Wildman–Crippen MR) is 143 cm³/mol. The van der Waals surface area contributed by atoms with Gasteiger partial charge in [-0.25, -0.2) is 8.42 Å². The van der Waals surface area contributed by atoms with Gasteiger partial charge < -0.3 is 10.1 Å². The van der Waals surface area contributed by atoms with Crippen molar-refractivity contribution < 1.29 is 17.9 Å². The number of nitrogens with one attached hydrogen (secondary N) is 1. The zero-order chi connectivity index (χ0) is 25.4. The Balaban J connectivity index is 1.32. The van der Waals surface area contributed by atoms with Crippen LogP contribution in [0.1, 0.15) is 30.4 Å². The van der Waals surface area contributed by atoms with Gasteiger partial charge in [0.1, 0.15) is 18.0 Å². The number of amides is 1. The molecule has 1 fully saturated rings. The third kappa shape index (κ3) is 7.57. The molecule has 1 amide bonds. The van der Waals surface area contributed by atoms with Crippen molar-refractivity contribution in [3.05, 3.63) is 90.0 Å². The minimum Gasteiger partial charge on any atom is -0.457 e. The summed E-state index contributed by atoms with van der Waals surface area (Å²) in [4.78, 5) is 15.1. The van der Waals surface area contributed by atoms with Crippen molar-refractivity contribution in [1.82, 2.24) is 10.2 Å². The van der Waals surface area contributed by atoms with Crippen LogP contribution in [0, 0.1) is 0 Å². The number of carbonyl (C=O) groups is 1. The van der Waals surface area contributed by atoms with Crippen molar-refractivity contribution in [3.8, 4) is 11.5 Å². The first-order valence-electron chi connectivity index (χ1n) is 12.2. The number of piperidine rings is 1. The summed E-state index contributed by atoms with van der Waals surface area (Å²) in [6.45, 7) is 3.29. The van der Waals surface area contributed by atoms with Gasteiger partial charge in [-0.3, -0.25) is 14.0 Å². The minimum atomic E-state index is -3.66. The van der Waals surface area contributed by atoms with Gasteiger partial charge in [0, 0.05) is 13.1 Å². The van der Waals surface area contributed by atoms with E-state index in [9.17, 15) is 13.2 Å². The molecule has 1 saturated heterocycles. The van der Waals surface area contributed by atoms with E-state index in [2.05, 4.69) is 22.3 Å². The van der Waals surface area contributed by atoms with E-state index >= 15 is 0 Å². The highest BCUT2D eigenvalue weighted by Crippen LogP contribution is 2.25. The zero-order valence-electron chi connectivity index (χ0n) is 20.6. The standard InChI is InChI=1S/C28H33N3O4S/c1-36(33,34)31(25-14-16-27(17-15-25)35-26-8-4-2-5-9-26)22-28(32)29-20-23-10-12-24(13-11-23)21-30-18-6-3-7-19-30/h2,4-5,8-17H,3,6-7,18-22H2,1H3,(H,29,32). The molecule has 0 saturated carbocycles. The molecule has 0 aliphatic carbocycles. The fourth-order valence-corrected chi connectivity index (χ4v) is 5.09. The molecule has 0 bridgehead atoms. The molecule has 0 radical (unpaired) electrons. The largest absolute Gasteiger partial charge is 0.457 e. The fourth-order valence-electron chi connectivity index (χ4n) is 4.23. The van der Waals surface area contributed by atoms with Gasteiger partial charge in [0.2, 0.25) is 15.9 Å². The maximum absolute atomic E-state index is 12.6. The molecule has 1 heterocycles. The van der Waals surface area contributed by atoms with Crippen molar-refractivity contribution in [3.63, 3.8) is 0 Å². The topological polar surface area (TPSA) is 79.0 Å². The lowest BCUT2D eigenvalue weighted by Gasteiger charge is -2.26. The zero-order valence-corrected chi connectivity index (χ0v) is 21.4. The Morgan fingerprint density at radius 1 is 0.861 bits per heavy atom. The summed E-state index contributed by atoms with van der Waals surface area (Å²) in [6.07, 6.45) is 4.94. The average molecular weight is 508 g/mol. The second-order valence-electron chi connectivity index (χ2n) is 9.11. The van der Waals surface area contributed by atoms with E-state index in [0.29, 0.717) is 23.7 Å². The number of carbonyl (C=O) groups excluding carboxylic acids is 1. The van der Waals surface area contributed by atoms with Crippen molar-refractivity contribution in [1.29, 1.82) is 0 Å². The molecule has 0 spiro atoms. The van der Waals surface area contributed by atoms with Gasteiger partial charge in [-0.1, -0.05) is 48.9 Å². The Kier molecular flexibility index (Phi) is 8.61. The van der Waals surface area contributed by atoms with E-state index in [0.717, 1.165) is 35.8 Å². The fraction of sp³-hybridized carbons (Fsp3) is 0.321. The second-order valence-corrected chi connectivity index (χ2v) is 11.0. The van der Waals surface area contributed by atoms with Gasteiger partial charge in [0.05, 0.1) is 11.9 Å². The smallest absolute Gasteiger partial charge is 0.241 e. The van der Waals surface area contributed by atoms with Crippen LogP contribution < -0.4 is 14.4 Å². The van der Waals surface area contributed by atoms with Crippen LogP contribution in [0.3, 0.4) is 0 Å². The van der Waals surface area contributed by atoms with Gasteiger partial charge in [0.15, 0.2) is 0 Å². The number of nitrogens with zero attached hydrogens (tertiary/aromatic N) is 2. The number of anilines is 1. The molecular weight excluding hydrogens is 474 g/mol. The lowest BCUT2D eigenvalue weighted by atomic mass is 10.1. The van der Waals surface area contributed by atoms with Crippen LogP contribution in [0.15, 0.2) is 78.9 Å². The quantitative estimate of drug-likeness (QED) is 0.436. The maximum Gasteiger partial charge on any atom is 0.241 e. The average Bonchev–Trinajstić information content (AvgIpc) is 2.88. The van der Waals surface area contributed by atoms with Crippen LogP contribution in [0.5, 0.6) is 11.5 Å². The number of para-hydroxylation sites is 1. The molecule has 0 atom stereocenters. The summed E-state index contributed by atoms with van der Waals surface area (Å²) in [5, 5.41) is 2.84. The molecule has 0 unspecified atom stereocenters. The molecular formula is C28H33N3O4S. The van der Waals surface area contributed by atoms with Gasteiger partial charge >= 0.3 is 0 Å². The van der Waals surface area contributed by atoms with E-state index < -0.39 is 10.0 Å². The molecule has 36 heavy (non-hydrogen) atoms. The maximum atomic E-state index is 12.6. The number of hydrogen-bond donors (Lipinski definition) is 1. The van der Waals surface area contributed by atoms with Crippen molar-refractivity contribution in [2.24, 2.45) is 0 Å². The molecule has 0 aromatic heterocycles. The number of rotatable bonds is 10. The van der Waals surface area contributed by atoms with E-state index in [4.69, 9.17) is 4.74 Å². The summed E-state index contributed by atoms with van der Waals surface area (Å²) in [5.74, 6) is 0.887. The first-order chi connectivity index (χ1) is 17.4. The van der Waals surface area contributed by atoms with Crippen LogP contribution in [-0.2, 0) is 27.9 Å². The molecule has 7 nitrogen and oxygen atoms in total. The molecule has 3 aromatic rings. The molecule has 1 aliphatic heterocycles. The predicted octanol–water partition coefficient (Wildman–Crippen LogP) is 4.55. The molecule has 8 heteroatoms. The van der Waals surface area contributed by atoms with Gasteiger partial charge in [-0.2, -0.15) is 0 Å². The van der Waals surface area contributed by atoms with Crippen LogP contribution >= 0.6 is 0 Å². The summed E-state index contributed by atoms with van der Waals surface area (Å²) in [7, 11) is -3.66. The Morgan fingerprint density at radius 2 is 1.47 bits per heavy atom. The third-order valence-corrected chi connectivity index (χ3v) is 7.30. The molecule has 4 rings (SSSR count).